The van der Waals surface area contributed by atoms with Crippen molar-refractivity contribution in [2.75, 3.05) is 32.7 Å². The standard InChI is InChI=1S/C15H20N2O3/c1-12-3-2-4-13(9-12)10-14(18)17-7-5-16(6-8-17)11-15(19)20/h2-4,9H,5-8,10-11H2,1H3,(H,19,20). The Bertz CT molecular complexity index is 494. The lowest BCUT2D eigenvalue weighted by molar-refractivity contribution is -0.139. The Kier molecular flexibility index (Phi) is 4.74. The van der Waals surface area contributed by atoms with Crippen molar-refractivity contribution in [3.63, 3.8) is 0 Å². The molecule has 0 atom stereocenters. The van der Waals surface area contributed by atoms with Gasteiger partial charge < -0.3 is 10.0 Å². The molecule has 0 aliphatic carbocycles. The summed E-state index contributed by atoms with van der Waals surface area (Å²) in [4.78, 5) is 26.5. The molecule has 2 rings (SSSR count). The van der Waals surface area contributed by atoms with Crippen LogP contribution in [0.4, 0.5) is 0 Å². The first-order valence-corrected chi connectivity index (χ1v) is 6.82. The van der Waals surface area contributed by atoms with Crippen LogP contribution >= 0.6 is 0 Å². The van der Waals surface area contributed by atoms with Crippen LogP contribution in [0, 0.1) is 6.92 Å². The summed E-state index contributed by atoms with van der Waals surface area (Å²) < 4.78 is 0. The minimum absolute atomic E-state index is 0.0555. The van der Waals surface area contributed by atoms with Crippen molar-refractivity contribution in [2.24, 2.45) is 0 Å². The second kappa shape index (κ2) is 6.52. The number of piperazine rings is 1. The highest BCUT2D eigenvalue weighted by atomic mass is 16.4. The number of aryl methyl sites for hydroxylation is 1. The smallest absolute Gasteiger partial charge is 0.317 e. The number of carboxylic acids is 1. The third-order valence-electron chi connectivity index (χ3n) is 3.52. The number of carboxylic acid groups (broad SMARTS) is 1. The SMILES string of the molecule is Cc1cccc(CC(=O)N2CCN(CC(=O)O)CC2)c1. The summed E-state index contributed by atoms with van der Waals surface area (Å²) in [6.07, 6.45) is 0.417. The van der Waals surface area contributed by atoms with Gasteiger partial charge in [0.25, 0.3) is 0 Å². The van der Waals surface area contributed by atoms with E-state index in [1.54, 1.807) is 0 Å². The third-order valence-corrected chi connectivity index (χ3v) is 3.52. The molecule has 1 amide bonds. The van der Waals surface area contributed by atoms with E-state index in [1.165, 1.54) is 0 Å². The second-order valence-corrected chi connectivity index (χ2v) is 5.22. The average Bonchev–Trinajstić information content (AvgIpc) is 2.38. The molecule has 108 valence electrons. The van der Waals surface area contributed by atoms with E-state index in [1.807, 2.05) is 41.0 Å². The summed E-state index contributed by atoms with van der Waals surface area (Å²) in [7, 11) is 0. The summed E-state index contributed by atoms with van der Waals surface area (Å²) in [6, 6.07) is 7.96. The highest BCUT2D eigenvalue weighted by molar-refractivity contribution is 5.79. The fourth-order valence-corrected chi connectivity index (χ4v) is 2.46. The molecule has 0 unspecified atom stereocenters. The number of hydrogen-bond acceptors (Lipinski definition) is 3. The van der Waals surface area contributed by atoms with Crippen molar-refractivity contribution in [3.8, 4) is 0 Å². The Labute approximate surface area is 118 Å². The number of nitrogens with zero attached hydrogens (tertiary/aromatic N) is 2. The van der Waals surface area contributed by atoms with E-state index < -0.39 is 5.97 Å². The van der Waals surface area contributed by atoms with Gasteiger partial charge in [-0.15, -0.1) is 0 Å². The van der Waals surface area contributed by atoms with Gasteiger partial charge in [0.2, 0.25) is 5.91 Å². The highest BCUT2D eigenvalue weighted by Gasteiger charge is 2.22. The van der Waals surface area contributed by atoms with Gasteiger partial charge in [0.15, 0.2) is 0 Å². The topological polar surface area (TPSA) is 60.9 Å². The van der Waals surface area contributed by atoms with E-state index in [0.29, 0.717) is 32.6 Å². The quantitative estimate of drug-likeness (QED) is 0.882. The molecule has 0 aromatic heterocycles. The fourth-order valence-electron chi connectivity index (χ4n) is 2.46. The number of hydrogen-bond donors (Lipinski definition) is 1. The van der Waals surface area contributed by atoms with E-state index in [2.05, 4.69) is 0 Å². The van der Waals surface area contributed by atoms with Gasteiger partial charge in [0.1, 0.15) is 0 Å². The Morgan fingerprint density at radius 2 is 1.90 bits per heavy atom. The molecule has 0 radical (unpaired) electrons. The van der Waals surface area contributed by atoms with E-state index in [4.69, 9.17) is 5.11 Å². The first-order chi connectivity index (χ1) is 9.54. The third kappa shape index (κ3) is 4.06. The first kappa shape index (κ1) is 14.5. The minimum Gasteiger partial charge on any atom is -0.480 e. The molecule has 1 heterocycles. The van der Waals surface area contributed by atoms with Crippen LogP contribution in [0.5, 0.6) is 0 Å². The Hall–Kier alpha value is -1.88. The Balaban J connectivity index is 1.84. The van der Waals surface area contributed by atoms with E-state index >= 15 is 0 Å². The lowest BCUT2D eigenvalue weighted by atomic mass is 10.1. The van der Waals surface area contributed by atoms with Crippen molar-refractivity contribution in [3.05, 3.63) is 35.4 Å². The largest absolute Gasteiger partial charge is 0.480 e. The molecule has 0 bridgehead atoms. The van der Waals surface area contributed by atoms with Gasteiger partial charge >= 0.3 is 5.97 Å². The monoisotopic (exact) mass is 276 g/mol. The van der Waals surface area contributed by atoms with Crippen LogP contribution in [-0.2, 0) is 16.0 Å². The summed E-state index contributed by atoms with van der Waals surface area (Å²) >= 11 is 0. The molecule has 5 nitrogen and oxygen atoms in total. The van der Waals surface area contributed by atoms with Crippen molar-refractivity contribution in [1.82, 2.24) is 9.80 Å². The predicted octanol–water partition coefficient (Wildman–Crippen LogP) is 0.766. The van der Waals surface area contributed by atoms with Crippen molar-refractivity contribution in [2.45, 2.75) is 13.3 Å². The van der Waals surface area contributed by atoms with Gasteiger partial charge in [-0.1, -0.05) is 29.8 Å². The molecule has 1 aromatic carbocycles. The van der Waals surface area contributed by atoms with Gasteiger partial charge in [0, 0.05) is 26.2 Å². The lowest BCUT2D eigenvalue weighted by Gasteiger charge is -2.33. The summed E-state index contributed by atoms with van der Waals surface area (Å²) in [5.41, 5.74) is 2.18. The zero-order valence-electron chi connectivity index (χ0n) is 11.7. The van der Waals surface area contributed by atoms with Crippen LogP contribution in [-0.4, -0.2) is 59.5 Å². The van der Waals surface area contributed by atoms with Crippen molar-refractivity contribution >= 4 is 11.9 Å². The highest BCUT2D eigenvalue weighted by Crippen LogP contribution is 2.08. The maximum absolute atomic E-state index is 12.2. The molecule has 0 spiro atoms. The number of rotatable bonds is 4. The normalized spacial score (nSPS) is 16.1. The fraction of sp³-hybridized carbons (Fsp3) is 0.467. The Morgan fingerprint density at radius 3 is 2.50 bits per heavy atom. The maximum atomic E-state index is 12.2. The van der Waals surface area contributed by atoms with E-state index in [-0.39, 0.29) is 12.5 Å². The van der Waals surface area contributed by atoms with Crippen LogP contribution < -0.4 is 0 Å². The number of carbonyl (C=O) groups is 2. The molecule has 0 saturated carbocycles. The van der Waals surface area contributed by atoms with Gasteiger partial charge in [-0.2, -0.15) is 0 Å². The zero-order chi connectivity index (χ0) is 14.5. The van der Waals surface area contributed by atoms with E-state index in [0.717, 1.165) is 11.1 Å². The molecule has 1 aliphatic rings. The summed E-state index contributed by atoms with van der Waals surface area (Å²) in [5, 5.41) is 8.74. The number of carbonyl (C=O) groups excluding carboxylic acids is 1. The molecule has 20 heavy (non-hydrogen) atoms. The predicted molar refractivity (Wildman–Crippen MR) is 75.5 cm³/mol. The van der Waals surface area contributed by atoms with Crippen LogP contribution in [0.25, 0.3) is 0 Å². The first-order valence-electron chi connectivity index (χ1n) is 6.82. The average molecular weight is 276 g/mol. The number of amides is 1. The van der Waals surface area contributed by atoms with Gasteiger partial charge in [-0.25, -0.2) is 0 Å². The van der Waals surface area contributed by atoms with Crippen molar-refractivity contribution in [1.29, 1.82) is 0 Å². The van der Waals surface area contributed by atoms with Crippen LogP contribution in [0.3, 0.4) is 0 Å². The van der Waals surface area contributed by atoms with Gasteiger partial charge in [-0.3, -0.25) is 14.5 Å². The molecule has 1 aliphatic heterocycles. The maximum Gasteiger partial charge on any atom is 0.317 e. The molecule has 1 N–H and O–H groups in total. The summed E-state index contributed by atoms with van der Waals surface area (Å²) in [5.74, 6) is -0.699. The van der Waals surface area contributed by atoms with Crippen LogP contribution in [0.2, 0.25) is 0 Å². The number of benzene rings is 1. The van der Waals surface area contributed by atoms with Gasteiger partial charge in [0.05, 0.1) is 13.0 Å². The molecule has 1 fully saturated rings. The second-order valence-electron chi connectivity index (χ2n) is 5.22. The van der Waals surface area contributed by atoms with Crippen molar-refractivity contribution < 1.29 is 14.7 Å². The molecular weight excluding hydrogens is 256 g/mol. The lowest BCUT2D eigenvalue weighted by Crippen LogP contribution is -2.50. The molecule has 1 saturated heterocycles. The zero-order valence-corrected chi connectivity index (χ0v) is 11.7. The Morgan fingerprint density at radius 1 is 1.20 bits per heavy atom. The molecular formula is C15H20N2O3. The van der Waals surface area contributed by atoms with Crippen LogP contribution in [0.15, 0.2) is 24.3 Å². The van der Waals surface area contributed by atoms with E-state index in [9.17, 15) is 9.59 Å². The molecule has 1 aromatic rings. The summed E-state index contributed by atoms with van der Waals surface area (Å²) in [6.45, 7) is 4.55. The minimum atomic E-state index is -0.815. The molecule has 5 heteroatoms. The number of aliphatic carboxylic acids is 1. The van der Waals surface area contributed by atoms with Gasteiger partial charge in [-0.05, 0) is 12.5 Å². The van der Waals surface area contributed by atoms with Crippen LogP contribution in [0.1, 0.15) is 11.1 Å².